The van der Waals surface area contributed by atoms with Crippen molar-refractivity contribution in [1.29, 1.82) is 0 Å². The first-order valence-electron chi connectivity index (χ1n) is 12.9. The van der Waals surface area contributed by atoms with Crippen LogP contribution in [0.15, 0.2) is 12.2 Å². The highest BCUT2D eigenvalue weighted by Crippen LogP contribution is 2.68. The molecule has 0 saturated heterocycles. The van der Waals surface area contributed by atoms with E-state index < -0.39 is 5.60 Å². The summed E-state index contributed by atoms with van der Waals surface area (Å²) in [6.45, 7) is 12.1. The molecule has 0 radical (unpaired) electrons. The van der Waals surface area contributed by atoms with Crippen LogP contribution in [0, 0.1) is 46.3 Å². The van der Waals surface area contributed by atoms with Crippen LogP contribution in [0.1, 0.15) is 98.8 Å². The number of hydrogen-bond donors (Lipinski definition) is 2. The van der Waals surface area contributed by atoms with Crippen LogP contribution in [-0.2, 0) is 4.89 Å². The number of aliphatic hydroxyl groups excluding tert-OH is 1. The van der Waals surface area contributed by atoms with Crippen molar-refractivity contribution >= 4 is 0 Å². The molecule has 4 rings (SSSR count). The van der Waals surface area contributed by atoms with E-state index in [2.05, 4.69) is 46.8 Å². The molecule has 0 unspecified atom stereocenters. The maximum atomic E-state index is 10.3. The largest absolute Gasteiger partial charge is 0.393 e. The summed E-state index contributed by atoms with van der Waals surface area (Å²) in [5, 5.41) is 20.3. The molecular weight excluding hydrogens is 372 g/mol. The molecule has 0 aromatic rings. The zero-order chi connectivity index (χ0) is 21.7. The van der Waals surface area contributed by atoms with Gasteiger partial charge in [-0.15, -0.1) is 0 Å². The van der Waals surface area contributed by atoms with E-state index in [0.29, 0.717) is 23.7 Å². The Morgan fingerprint density at radius 3 is 2.47 bits per heavy atom. The quantitative estimate of drug-likeness (QED) is 0.281. The van der Waals surface area contributed by atoms with Crippen molar-refractivity contribution in [2.75, 3.05) is 0 Å². The van der Waals surface area contributed by atoms with Gasteiger partial charge in [0.05, 0.1) is 6.10 Å². The van der Waals surface area contributed by atoms with E-state index in [1.54, 1.807) is 0 Å². The average Bonchev–Trinajstić information content (AvgIpc) is 3.05. The molecule has 0 aromatic carbocycles. The third-order valence-electron chi connectivity index (χ3n) is 10.6. The third-order valence-corrected chi connectivity index (χ3v) is 10.6. The molecule has 0 spiro atoms. The molecule has 4 aliphatic carbocycles. The van der Waals surface area contributed by atoms with E-state index in [1.165, 1.54) is 44.9 Å². The molecule has 9 atom stereocenters. The molecule has 0 bridgehead atoms. The van der Waals surface area contributed by atoms with Gasteiger partial charge in [-0.05, 0) is 79.4 Å². The van der Waals surface area contributed by atoms with Crippen molar-refractivity contribution in [3.63, 3.8) is 0 Å². The number of hydrogen-bond acceptors (Lipinski definition) is 3. The Kier molecular flexibility index (Phi) is 6.23. The van der Waals surface area contributed by atoms with Gasteiger partial charge in [-0.3, -0.25) is 5.26 Å². The topological polar surface area (TPSA) is 49.7 Å². The van der Waals surface area contributed by atoms with Crippen LogP contribution >= 0.6 is 0 Å². The maximum absolute atomic E-state index is 10.3. The molecule has 30 heavy (non-hydrogen) atoms. The highest BCUT2D eigenvalue weighted by atomic mass is 17.1. The van der Waals surface area contributed by atoms with E-state index in [-0.39, 0.29) is 11.5 Å². The molecule has 0 heterocycles. The summed E-state index contributed by atoms with van der Waals surface area (Å²) in [6.07, 6.45) is 15.9. The Balaban J connectivity index is 1.55. The van der Waals surface area contributed by atoms with E-state index in [4.69, 9.17) is 4.89 Å². The summed E-state index contributed by atoms with van der Waals surface area (Å²) in [6, 6.07) is 0. The lowest BCUT2D eigenvalue weighted by Crippen LogP contribution is -2.61. The summed E-state index contributed by atoms with van der Waals surface area (Å²) < 4.78 is 0. The smallest absolute Gasteiger partial charge is 0.129 e. The van der Waals surface area contributed by atoms with E-state index in [0.717, 1.165) is 36.5 Å². The lowest BCUT2D eigenvalue weighted by Gasteiger charge is -2.62. The lowest BCUT2D eigenvalue weighted by atomic mass is 9.45. The molecule has 0 aromatic heterocycles. The molecular formula is C27H46O3. The standard InChI is InChI=1S/C27H46O3/c1-18(2)7-6-8-19(3)22-9-10-23-21-12-16-27(30-29)17-20(28)11-15-26(27,5)24(21)13-14-25(22,23)4/h12,16,18-24,28-29H,6-11,13-15,17H2,1-5H3/t19-,20+,21+,22-,23+,24+,25-,26-,27-/m1/s1. The van der Waals surface area contributed by atoms with Gasteiger partial charge in [-0.2, -0.15) is 0 Å². The fourth-order valence-electron chi connectivity index (χ4n) is 8.79. The van der Waals surface area contributed by atoms with Gasteiger partial charge in [0, 0.05) is 11.8 Å². The van der Waals surface area contributed by atoms with Gasteiger partial charge in [-0.25, -0.2) is 4.89 Å². The fourth-order valence-corrected chi connectivity index (χ4v) is 8.79. The molecule has 3 heteroatoms. The highest BCUT2D eigenvalue weighted by molar-refractivity contribution is 5.25. The van der Waals surface area contributed by atoms with Crippen LogP contribution in [0.3, 0.4) is 0 Å². The van der Waals surface area contributed by atoms with E-state index in [1.807, 2.05) is 0 Å². The first-order chi connectivity index (χ1) is 14.2. The monoisotopic (exact) mass is 418 g/mol. The minimum Gasteiger partial charge on any atom is -0.393 e. The van der Waals surface area contributed by atoms with E-state index >= 15 is 0 Å². The summed E-state index contributed by atoms with van der Waals surface area (Å²) in [4.78, 5) is 5.22. The maximum Gasteiger partial charge on any atom is 0.129 e. The number of allylic oxidation sites excluding steroid dienone is 1. The van der Waals surface area contributed by atoms with Gasteiger partial charge in [0.25, 0.3) is 0 Å². The van der Waals surface area contributed by atoms with Crippen LogP contribution in [0.4, 0.5) is 0 Å². The second-order valence-electron chi connectivity index (χ2n) is 12.5. The van der Waals surface area contributed by atoms with Crippen molar-refractivity contribution in [3.05, 3.63) is 12.2 Å². The van der Waals surface area contributed by atoms with Crippen LogP contribution in [0.2, 0.25) is 0 Å². The van der Waals surface area contributed by atoms with Crippen LogP contribution in [0.5, 0.6) is 0 Å². The first kappa shape index (κ1) is 22.8. The molecule has 3 nitrogen and oxygen atoms in total. The fraction of sp³-hybridized carbons (Fsp3) is 0.926. The zero-order valence-corrected chi connectivity index (χ0v) is 20.1. The molecule has 3 fully saturated rings. The number of aliphatic hydroxyl groups is 1. The highest BCUT2D eigenvalue weighted by Gasteiger charge is 2.64. The Morgan fingerprint density at radius 1 is 1.00 bits per heavy atom. The van der Waals surface area contributed by atoms with Crippen LogP contribution in [-0.4, -0.2) is 22.1 Å². The van der Waals surface area contributed by atoms with Crippen molar-refractivity contribution in [1.82, 2.24) is 0 Å². The number of fused-ring (bicyclic) bond motifs is 5. The third kappa shape index (κ3) is 3.42. The van der Waals surface area contributed by atoms with Gasteiger partial charge in [0.1, 0.15) is 5.60 Å². The minimum atomic E-state index is -0.707. The molecule has 4 aliphatic rings. The Labute approximate surface area is 184 Å². The molecule has 172 valence electrons. The summed E-state index contributed by atoms with van der Waals surface area (Å²) in [5.41, 5.74) is -0.336. The second kappa shape index (κ2) is 8.19. The summed E-state index contributed by atoms with van der Waals surface area (Å²) in [5.74, 6) is 4.39. The van der Waals surface area contributed by atoms with Gasteiger partial charge in [-0.1, -0.05) is 66.0 Å². The van der Waals surface area contributed by atoms with Gasteiger partial charge in [0.15, 0.2) is 0 Å². The van der Waals surface area contributed by atoms with Gasteiger partial charge >= 0.3 is 0 Å². The van der Waals surface area contributed by atoms with Gasteiger partial charge < -0.3 is 5.11 Å². The first-order valence-corrected chi connectivity index (χ1v) is 12.9. The second-order valence-corrected chi connectivity index (χ2v) is 12.5. The SMILES string of the molecule is CC(C)CCC[C@@H](C)[C@H]1CC[C@H]2[C@@H]3C=C[C@@]4(OO)C[C@@H](O)CC[C@]4(C)[C@H]3CC[C@]12C. The Morgan fingerprint density at radius 2 is 1.77 bits per heavy atom. The van der Waals surface area contributed by atoms with Gasteiger partial charge in [0.2, 0.25) is 0 Å². The van der Waals surface area contributed by atoms with Crippen LogP contribution in [0.25, 0.3) is 0 Å². The van der Waals surface area contributed by atoms with Crippen molar-refractivity contribution in [2.45, 2.75) is 111 Å². The van der Waals surface area contributed by atoms with Crippen LogP contribution < -0.4 is 0 Å². The van der Waals surface area contributed by atoms with E-state index in [9.17, 15) is 10.4 Å². The number of rotatable bonds is 6. The zero-order valence-electron chi connectivity index (χ0n) is 20.1. The van der Waals surface area contributed by atoms with Crippen molar-refractivity contribution in [3.8, 4) is 0 Å². The molecule has 3 saturated carbocycles. The van der Waals surface area contributed by atoms with Crippen molar-refractivity contribution < 1.29 is 15.3 Å². The normalized spacial score (nSPS) is 48.9. The lowest BCUT2D eigenvalue weighted by molar-refractivity contribution is -0.361. The molecule has 0 aliphatic heterocycles. The van der Waals surface area contributed by atoms with Crippen molar-refractivity contribution in [2.24, 2.45) is 46.3 Å². The molecule has 0 amide bonds. The summed E-state index contributed by atoms with van der Waals surface area (Å²) >= 11 is 0. The predicted molar refractivity (Wildman–Crippen MR) is 122 cm³/mol. The summed E-state index contributed by atoms with van der Waals surface area (Å²) in [7, 11) is 0. The Bertz CT molecular complexity index is 644. The average molecular weight is 419 g/mol. The predicted octanol–water partition coefficient (Wildman–Crippen LogP) is 6.86. The minimum absolute atomic E-state index is 0.0807. The Hall–Kier alpha value is -0.380. The molecule has 2 N–H and O–H groups in total.